The van der Waals surface area contributed by atoms with Crippen molar-refractivity contribution in [2.24, 2.45) is 0 Å². The molecule has 1 aromatic carbocycles. The molecule has 36 heavy (non-hydrogen) atoms. The van der Waals surface area contributed by atoms with Crippen LogP contribution in [0.3, 0.4) is 0 Å². The molecular formula is C24H26F5N3O4. The summed E-state index contributed by atoms with van der Waals surface area (Å²) in [7, 11) is 0. The number of benzene rings is 1. The van der Waals surface area contributed by atoms with Gasteiger partial charge in [-0.3, -0.25) is 9.78 Å². The Morgan fingerprint density at radius 3 is 2.47 bits per heavy atom. The van der Waals surface area contributed by atoms with E-state index in [1.54, 1.807) is 20.8 Å². The monoisotopic (exact) mass is 515 g/mol. The fourth-order valence-electron chi connectivity index (χ4n) is 3.59. The first kappa shape index (κ1) is 27.2. The Morgan fingerprint density at radius 1 is 1.14 bits per heavy atom. The molecule has 0 radical (unpaired) electrons. The lowest BCUT2D eigenvalue weighted by Gasteiger charge is -2.29. The van der Waals surface area contributed by atoms with Crippen molar-refractivity contribution >= 4 is 17.7 Å². The number of likely N-dealkylation sites (tertiary alicyclic amines) is 1. The zero-order chi connectivity index (χ0) is 26.7. The van der Waals surface area contributed by atoms with Crippen LogP contribution in [-0.2, 0) is 10.7 Å². The summed E-state index contributed by atoms with van der Waals surface area (Å²) in [6.45, 7) is 5.03. The molecular weight excluding hydrogens is 489 g/mol. The van der Waals surface area contributed by atoms with Gasteiger partial charge in [-0.2, -0.15) is 22.0 Å². The number of hydrogen-bond acceptors (Lipinski definition) is 5. The molecule has 0 aliphatic carbocycles. The van der Waals surface area contributed by atoms with E-state index in [4.69, 9.17) is 9.47 Å². The Kier molecular flexibility index (Phi) is 7.75. The molecule has 0 spiro atoms. The zero-order valence-corrected chi connectivity index (χ0v) is 19.9. The molecule has 12 heteroatoms. The van der Waals surface area contributed by atoms with E-state index in [-0.39, 0.29) is 17.9 Å². The molecule has 2 aromatic rings. The van der Waals surface area contributed by atoms with Crippen molar-refractivity contribution in [1.82, 2.24) is 9.88 Å². The minimum absolute atomic E-state index is 0.0593. The molecule has 1 aromatic heterocycles. The molecule has 1 atom stereocenters. The fourth-order valence-corrected chi connectivity index (χ4v) is 3.59. The van der Waals surface area contributed by atoms with Gasteiger partial charge in [-0.1, -0.05) is 0 Å². The summed E-state index contributed by atoms with van der Waals surface area (Å²) in [6.07, 6.45) is -2.76. The normalized spacial score (nSPS) is 16.6. The molecule has 196 valence electrons. The van der Waals surface area contributed by atoms with Crippen LogP contribution in [0, 0.1) is 0 Å². The number of carbonyl (C=O) groups is 2. The van der Waals surface area contributed by atoms with Gasteiger partial charge in [0.2, 0.25) is 0 Å². The lowest BCUT2D eigenvalue weighted by atomic mass is 10.1. The van der Waals surface area contributed by atoms with E-state index in [9.17, 15) is 31.5 Å². The molecule has 1 aliphatic rings. The van der Waals surface area contributed by atoms with E-state index >= 15 is 0 Å². The van der Waals surface area contributed by atoms with Crippen LogP contribution in [0.4, 0.5) is 32.4 Å². The van der Waals surface area contributed by atoms with Crippen molar-refractivity contribution in [2.75, 3.05) is 18.5 Å². The van der Waals surface area contributed by atoms with E-state index in [1.807, 2.05) is 0 Å². The summed E-state index contributed by atoms with van der Waals surface area (Å²) in [5.41, 5.74) is -2.08. The smallest absolute Gasteiger partial charge is 0.458 e. The Balaban J connectivity index is 1.85. The molecule has 3 rings (SSSR count). The predicted molar refractivity (Wildman–Crippen MR) is 120 cm³/mol. The second kappa shape index (κ2) is 10.3. The highest BCUT2D eigenvalue weighted by Gasteiger charge is 2.60. The van der Waals surface area contributed by atoms with Crippen LogP contribution in [0.15, 0.2) is 42.7 Å². The van der Waals surface area contributed by atoms with E-state index in [0.29, 0.717) is 25.5 Å². The number of nitrogens with one attached hydrogen (secondary N) is 1. The van der Waals surface area contributed by atoms with Crippen LogP contribution in [0.1, 0.15) is 49.5 Å². The number of aromatic nitrogens is 1. The van der Waals surface area contributed by atoms with Crippen LogP contribution in [-0.4, -0.2) is 52.9 Å². The second-order valence-corrected chi connectivity index (χ2v) is 9.26. The van der Waals surface area contributed by atoms with Gasteiger partial charge < -0.3 is 19.7 Å². The Morgan fingerprint density at radius 2 is 1.86 bits per heavy atom. The number of rotatable bonds is 6. The van der Waals surface area contributed by atoms with Gasteiger partial charge in [-0.05, 0) is 57.9 Å². The van der Waals surface area contributed by atoms with Gasteiger partial charge in [0, 0.05) is 30.7 Å². The van der Waals surface area contributed by atoms with Crippen LogP contribution < -0.4 is 10.1 Å². The summed E-state index contributed by atoms with van der Waals surface area (Å²) in [5.74, 6) is -6.62. The second-order valence-electron chi connectivity index (χ2n) is 9.26. The maximum Gasteiger partial charge on any atom is 0.458 e. The molecule has 1 aliphatic heterocycles. The minimum Gasteiger partial charge on any atom is -0.491 e. The third kappa shape index (κ3) is 6.41. The maximum atomic E-state index is 14.3. The SMILES string of the molecule is CC(C)(C)OC(=O)N1CCCC1COc1cc(NC(=O)c2cccnc2)ccc1C(F)(F)C(F)(F)F. The van der Waals surface area contributed by atoms with Crippen molar-refractivity contribution in [3.8, 4) is 5.75 Å². The topological polar surface area (TPSA) is 80.8 Å². The van der Waals surface area contributed by atoms with E-state index < -0.39 is 47.1 Å². The van der Waals surface area contributed by atoms with Gasteiger partial charge in [0.1, 0.15) is 18.0 Å². The zero-order valence-electron chi connectivity index (χ0n) is 19.9. The Labute approximate surface area is 204 Å². The largest absolute Gasteiger partial charge is 0.491 e. The van der Waals surface area contributed by atoms with Crippen LogP contribution in [0.2, 0.25) is 0 Å². The summed E-state index contributed by atoms with van der Waals surface area (Å²) >= 11 is 0. The number of carbonyl (C=O) groups excluding carboxylic acids is 2. The number of alkyl halides is 5. The quantitative estimate of drug-likeness (QED) is 0.495. The van der Waals surface area contributed by atoms with E-state index in [1.165, 1.54) is 29.4 Å². The first-order chi connectivity index (χ1) is 16.7. The van der Waals surface area contributed by atoms with Crippen LogP contribution in [0.25, 0.3) is 0 Å². The van der Waals surface area contributed by atoms with Crippen LogP contribution in [0.5, 0.6) is 5.75 Å². The summed E-state index contributed by atoms with van der Waals surface area (Å²) in [5, 5.41) is 2.43. The average molecular weight is 515 g/mol. The van der Waals surface area contributed by atoms with Crippen molar-refractivity contribution in [1.29, 1.82) is 0 Å². The van der Waals surface area contributed by atoms with Gasteiger partial charge in [0.05, 0.1) is 17.2 Å². The molecule has 7 nitrogen and oxygen atoms in total. The van der Waals surface area contributed by atoms with Crippen molar-refractivity contribution < 1.29 is 41.0 Å². The highest BCUT2D eigenvalue weighted by molar-refractivity contribution is 6.04. The molecule has 1 unspecified atom stereocenters. The van der Waals surface area contributed by atoms with Crippen molar-refractivity contribution in [2.45, 2.75) is 57.4 Å². The third-order valence-corrected chi connectivity index (χ3v) is 5.29. The average Bonchev–Trinajstić information content (AvgIpc) is 3.25. The number of pyridine rings is 1. The third-order valence-electron chi connectivity index (χ3n) is 5.29. The molecule has 2 amide bonds. The lowest BCUT2D eigenvalue weighted by Crippen LogP contribution is -2.42. The predicted octanol–water partition coefficient (Wildman–Crippen LogP) is 5.77. The summed E-state index contributed by atoms with van der Waals surface area (Å²) in [4.78, 5) is 30.0. The molecule has 1 fully saturated rings. The minimum atomic E-state index is -5.87. The van der Waals surface area contributed by atoms with Gasteiger partial charge in [-0.15, -0.1) is 0 Å². The number of halogens is 5. The molecule has 1 N–H and O–H groups in total. The van der Waals surface area contributed by atoms with Gasteiger partial charge in [0.15, 0.2) is 0 Å². The standard InChI is InChI=1S/C24H26F5N3O4/c1-22(2,3)36-21(34)32-11-5-7-17(32)14-35-19-12-16(31-20(33)15-6-4-10-30-13-15)8-9-18(19)23(25,26)24(27,28)29/h4,6,8-10,12-13,17H,5,7,11,14H2,1-3H3,(H,31,33). The summed E-state index contributed by atoms with van der Waals surface area (Å²) < 4.78 is 78.8. The van der Waals surface area contributed by atoms with Crippen LogP contribution >= 0.6 is 0 Å². The molecule has 0 bridgehead atoms. The number of hydrogen-bond donors (Lipinski definition) is 1. The van der Waals surface area contributed by atoms with Crippen molar-refractivity contribution in [3.63, 3.8) is 0 Å². The van der Waals surface area contributed by atoms with Gasteiger partial charge in [-0.25, -0.2) is 4.79 Å². The fraction of sp³-hybridized carbons (Fsp3) is 0.458. The van der Waals surface area contributed by atoms with E-state index in [0.717, 1.165) is 12.1 Å². The van der Waals surface area contributed by atoms with Gasteiger partial charge >= 0.3 is 18.2 Å². The number of nitrogens with zero attached hydrogens (tertiary/aromatic N) is 2. The number of ether oxygens (including phenoxy) is 2. The number of amides is 2. The maximum absolute atomic E-state index is 14.3. The molecule has 0 saturated carbocycles. The number of anilines is 1. The first-order valence-corrected chi connectivity index (χ1v) is 11.1. The van der Waals surface area contributed by atoms with Crippen molar-refractivity contribution in [3.05, 3.63) is 53.9 Å². The van der Waals surface area contributed by atoms with E-state index in [2.05, 4.69) is 10.3 Å². The Hall–Kier alpha value is -3.44. The highest BCUT2D eigenvalue weighted by atomic mass is 19.4. The highest BCUT2D eigenvalue weighted by Crippen LogP contribution is 2.47. The Bertz CT molecular complexity index is 1090. The first-order valence-electron chi connectivity index (χ1n) is 11.1. The molecule has 1 saturated heterocycles. The lowest BCUT2D eigenvalue weighted by molar-refractivity contribution is -0.289. The van der Waals surface area contributed by atoms with Gasteiger partial charge in [0.25, 0.3) is 5.91 Å². The molecule has 2 heterocycles. The summed E-state index contributed by atoms with van der Waals surface area (Å²) in [6, 6.07) is 4.75.